The molecule has 4 nitrogen and oxygen atoms in total. The fraction of sp³-hybridized carbons (Fsp3) is 0.667. The lowest BCUT2D eigenvalue weighted by Gasteiger charge is -2.35. The van der Waals surface area contributed by atoms with E-state index < -0.39 is 0 Å². The van der Waals surface area contributed by atoms with Gasteiger partial charge in [0.2, 0.25) is 5.91 Å². The molecule has 1 amide bonds. The number of amides is 1. The zero-order valence-corrected chi connectivity index (χ0v) is 15.5. The van der Waals surface area contributed by atoms with Crippen LogP contribution in [0.2, 0.25) is 0 Å². The summed E-state index contributed by atoms with van der Waals surface area (Å²) in [6, 6.07) is 10.7. The van der Waals surface area contributed by atoms with E-state index in [1.807, 2.05) is 0 Å². The summed E-state index contributed by atoms with van der Waals surface area (Å²) in [6.07, 6.45) is 7.31. The topological polar surface area (TPSA) is 26.8 Å². The number of piperazine rings is 1. The minimum Gasteiger partial charge on any atom is -0.342 e. The zero-order chi connectivity index (χ0) is 17.3. The Balaban J connectivity index is 1.32. The Bertz CT molecular complexity index is 503. The standard InChI is InChI=1S/C21H33N3O/c25-21(24-13-6-1-2-7-14-24)19-23-17-15-22(16-18-23)12-8-11-20-9-4-3-5-10-20/h3-5,9-10H,1-2,6-8,11-19H2. The second-order valence-corrected chi connectivity index (χ2v) is 7.50. The minimum atomic E-state index is 0.347. The summed E-state index contributed by atoms with van der Waals surface area (Å²) in [7, 11) is 0. The molecule has 1 aromatic rings. The highest BCUT2D eigenvalue weighted by atomic mass is 16.2. The van der Waals surface area contributed by atoms with Gasteiger partial charge in [0.1, 0.15) is 0 Å². The van der Waals surface area contributed by atoms with Gasteiger partial charge < -0.3 is 9.80 Å². The summed E-state index contributed by atoms with van der Waals surface area (Å²) in [5, 5.41) is 0. The van der Waals surface area contributed by atoms with Gasteiger partial charge in [0.15, 0.2) is 0 Å². The monoisotopic (exact) mass is 343 g/mol. The summed E-state index contributed by atoms with van der Waals surface area (Å²) >= 11 is 0. The van der Waals surface area contributed by atoms with E-state index in [0.29, 0.717) is 12.5 Å². The number of rotatable bonds is 6. The zero-order valence-electron chi connectivity index (χ0n) is 15.5. The molecule has 0 unspecified atom stereocenters. The lowest BCUT2D eigenvalue weighted by molar-refractivity contribution is -0.132. The minimum absolute atomic E-state index is 0.347. The molecule has 138 valence electrons. The molecule has 0 saturated carbocycles. The second-order valence-electron chi connectivity index (χ2n) is 7.50. The van der Waals surface area contributed by atoms with Crippen molar-refractivity contribution in [3.63, 3.8) is 0 Å². The first kappa shape index (κ1) is 18.4. The molecule has 2 aliphatic heterocycles. The molecular formula is C21H33N3O. The van der Waals surface area contributed by atoms with Crippen LogP contribution < -0.4 is 0 Å². The molecule has 0 aromatic heterocycles. The van der Waals surface area contributed by atoms with Crippen molar-refractivity contribution in [1.82, 2.24) is 14.7 Å². The van der Waals surface area contributed by atoms with Gasteiger partial charge in [0.05, 0.1) is 6.54 Å². The third-order valence-electron chi connectivity index (χ3n) is 5.57. The van der Waals surface area contributed by atoms with Gasteiger partial charge in [0, 0.05) is 39.3 Å². The summed E-state index contributed by atoms with van der Waals surface area (Å²) < 4.78 is 0. The average Bonchev–Trinajstić information content (AvgIpc) is 2.94. The van der Waals surface area contributed by atoms with E-state index in [9.17, 15) is 4.79 Å². The van der Waals surface area contributed by atoms with E-state index in [1.54, 1.807) is 0 Å². The number of hydrogen-bond donors (Lipinski definition) is 0. The van der Waals surface area contributed by atoms with Crippen LogP contribution in [0.15, 0.2) is 30.3 Å². The van der Waals surface area contributed by atoms with E-state index in [4.69, 9.17) is 0 Å². The molecule has 2 heterocycles. The Hall–Kier alpha value is -1.39. The molecule has 0 radical (unpaired) electrons. The van der Waals surface area contributed by atoms with Crippen molar-refractivity contribution in [2.24, 2.45) is 0 Å². The molecule has 0 bridgehead atoms. The molecule has 0 spiro atoms. The molecule has 25 heavy (non-hydrogen) atoms. The highest BCUT2D eigenvalue weighted by Crippen LogP contribution is 2.11. The van der Waals surface area contributed by atoms with Gasteiger partial charge in [-0.25, -0.2) is 0 Å². The van der Waals surface area contributed by atoms with Crippen molar-refractivity contribution in [2.75, 3.05) is 52.4 Å². The van der Waals surface area contributed by atoms with Gasteiger partial charge in [-0.15, -0.1) is 0 Å². The van der Waals surface area contributed by atoms with Crippen molar-refractivity contribution in [3.05, 3.63) is 35.9 Å². The Labute approximate surface area is 152 Å². The summed E-state index contributed by atoms with van der Waals surface area (Å²) in [5.74, 6) is 0.347. The molecule has 1 aromatic carbocycles. The lowest BCUT2D eigenvalue weighted by atomic mass is 10.1. The van der Waals surface area contributed by atoms with Crippen molar-refractivity contribution in [3.8, 4) is 0 Å². The number of benzene rings is 1. The van der Waals surface area contributed by atoms with E-state index >= 15 is 0 Å². The first-order chi connectivity index (χ1) is 12.3. The molecule has 0 aliphatic carbocycles. The molecule has 2 aliphatic rings. The quantitative estimate of drug-likeness (QED) is 0.794. The van der Waals surface area contributed by atoms with Crippen LogP contribution >= 0.6 is 0 Å². The van der Waals surface area contributed by atoms with Crippen LogP contribution in [0.3, 0.4) is 0 Å². The predicted octanol–water partition coefficient (Wildman–Crippen LogP) is 2.64. The third kappa shape index (κ3) is 6.12. The van der Waals surface area contributed by atoms with Crippen LogP contribution in [-0.2, 0) is 11.2 Å². The maximum Gasteiger partial charge on any atom is 0.236 e. The SMILES string of the molecule is O=C(CN1CCN(CCCc2ccccc2)CC1)N1CCCCCC1. The van der Waals surface area contributed by atoms with Crippen LogP contribution in [0.25, 0.3) is 0 Å². The second kappa shape index (κ2) is 9.93. The van der Waals surface area contributed by atoms with E-state index in [1.165, 1.54) is 44.2 Å². The number of carbonyl (C=O) groups is 1. The highest BCUT2D eigenvalue weighted by Gasteiger charge is 2.22. The fourth-order valence-electron chi connectivity index (χ4n) is 3.93. The Morgan fingerprint density at radius 2 is 1.44 bits per heavy atom. The average molecular weight is 344 g/mol. The van der Waals surface area contributed by atoms with Crippen molar-refractivity contribution in [1.29, 1.82) is 0 Å². The van der Waals surface area contributed by atoms with E-state index in [0.717, 1.165) is 45.7 Å². The number of likely N-dealkylation sites (tertiary alicyclic amines) is 1. The predicted molar refractivity (Wildman–Crippen MR) is 103 cm³/mol. The lowest BCUT2D eigenvalue weighted by Crippen LogP contribution is -2.50. The van der Waals surface area contributed by atoms with Crippen LogP contribution in [0.1, 0.15) is 37.7 Å². The van der Waals surface area contributed by atoms with Gasteiger partial charge in [-0.3, -0.25) is 9.69 Å². The Morgan fingerprint density at radius 1 is 0.800 bits per heavy atom. The van der Waals surface area contributed by atoms with Crippen molar-refractivity contribution in [2.45, 2.75) is 38.5 Å². The van der Waals surface area contributed by atoms with E-state index in [-0.39, 0.29) is 0 Å². The normalized spacial score (nSPS) is 20.4. The van der Waals surface area contributed by atoms with Crippen molar-refractivity contribution >= 4 is 5.91 Å². The summed E-state index contributed by atoms with van der Waals surface area (Å²) in [4.78, 5) is 19.5. The Kier molecular flexibility index (Phi) is 7.31. The van der Waals surface area contributed by atoms with Gasteiger partial charge in [-0.1, -0.05) is 43.2 Å². The number of hydrogen-bond acceptors (Lipinski definition) is 3. The number of nitrogens with zero attached hydrogens (tertiary/aromatic N) is 3. The summed E-state index contributed by atoms with van der Waals surface area (Å²) in [6.45, 7) is 8.00. The van der Waals surface area contributed by atoms with Crippen molar-refractivity contribution < 1.29 is 4.79 Å². The maximum absolute atomic E-state index is 12.5. The number of carbonyl (C=O) groups excluding carboxylic acids is 1. The maximum atomic E-state index is 12.5. The van der Waals surface area contributed by atoms with Gasteiger partial charge in [-0.05, 0) is 37.8 Å². The molecular weight excluding hydrogens is 310 g/mol. The molecule has 2 fully saturated rings. The molecule has 2 saturated heterocycles. The van der Waals surface area contributed by atoms with Crippen LogP contribution in [0, 0.1) is 0 Å². The number of aryl methyl sites for hydroxylation is 1. The van der Waals surface area contributed by atoms with E-state index in [2.05, 4.69) is 45.0 Å². The van der Waals surface area contributed by atoms with Crippen LogP contribution in [0.4, 0.5) is 0 Å². The Morgan fingerprint density at radius 3 is 2.12 bits per heavy atom. The first-order valence-electron chi connectivity index (χ1n) is 10.1. The molecule has 4 heteroatoms. The largest absolute Gasteiger partial charge is 0.342 e. The first-order valence-corrected chi connectivity index (χ1v) is 10.1. The molecule has 0 atom stereocenters. The fourth-order valence-corrected chi connectivity index (χ4v) is 3.93. The van der Waals surface area contributed by atoms with Gasteiger partial charge in [0.25, 0.3) is 0 Å². The molecule has 0 N–H and O–H groups in total. The van der Waals surface area contributed by atoms with Crippen LogP contribution in [-0.4, -0.2) is 73.0 Å². The van der Waals surface area contributed by atoms with Crippen LogP contribution in [0.5, 0.6) is 0 Å². The van der Waals surface area contributed by atoms with Gasteiger partial charge in [-0.2, -0.15) is 0 Å². The highest BCUT2D eigenvalue weighted by molar-refractivity contribution is 5.78. The summed E-state index contributed by atoms with van der Waals surface area (Å²) in [5.41, 5.74) is 1.43. The smallest absolute Gasteiger partial charge is 0.236 e. The molecule has 3 rings (SSSR count). The van der Waals surface area contributed by atoms with Gasteiger partial charge >= 0.3 is 0 Å². The third-order valence-corrected chi connectivity index (χ3v) is 5.57.